The molecule has 1 aromatic heterocycles. The predicted octanol–water partition coefficient (Wildman–Crippen LogP) is 2.37. The van der Waals surface area contributed by atoms with Gasteiger partial charge in [0.1, 0.15) is 5.01 Å². The van der Waals surface area contributed by atoms with Crippen LogP contribution >= 0.6 is 11.3 Å². The predicted molar refractivity (Wildman–Crippen MR) is 67.1 cm³/mol. The number of nitrogens with zero attached hydrogens (tertiary/aromatic N) is 1. The molecule has 1 fully saturated rings. The highest BCUT2D eigenvalue weighted by Crippen LogP contribution is 2.39. The van der Waals surface area contributed by atoms with Gasteiger partial charge in [-0.1, -0.05) is 12.8 Å². The molecule has 2 N–H and O–H groups in total. The van der Waals surface area contributed by atoms with Crippen molar-refractivity contribution in [2.24, 2.45) is 0 Å². The number of hydrogen-bond acceptors (Lipinski definition) is 4. The zero-order valence-electron chi connectivity index (χ0n) is 9.82. The molecule has 4 nitrogen and oxygen atoms in total. The molecule has 94 valence electrons. The fraction of sp³-hybridized carbons (Fsp3) is 0.667. The van der Waals surface area contributed by atoms with Crippen molar-refractivity contribution < 1.29 is 9.90 Å². The first-order valence-corrected chi connectivity index (χ1v) is 6.98. The highest BCUT2D eigenvalue weighted by molar-refractivity contribution is 7.09. The van der Waals surface area contributed by atoms with Crippen LogP contribution in [0.25, 0.3) is 0 Å². The largest absolute Gasteiger partial charge is 0.481 e. The van der Waals surface area contributed by atoms with Crippen molar-refractivity contribution in [2.75, 3.05) is 6.54 Å². The van der Waals surface area contributed by atoms with E-state index in [0.717, 1.165) is 24.4 Å². The molecule has 0 spiro atoms. The third kappa shape index (κ3) is 3.04. The van der Waals surface area contributed by atoms with Gasteiger partial charge < -0.3 is 10.4 Å². The molecule has 2 rings (SSSR count). The van der Waals surface area contributed by atoms with Gasteiger partial charge >= 0.3 is 5.97 Å². The highest BCUT2D eigenvalue weighted by atomic mass is 32.1. The molecule has 5 heteroatoms. The van der Waals surface area contributed by atoms with Crippen molar-refractivity contribution in [1.82, 2.24) is 10.3 Å². The van der Waals surface area contributed by atoms with E-state index in [1.165, 1.54) is 12.8 Å². The van der Waals surface area contributed by atoms with Crippen molar-refractivity contribution in [3.05, 3.63) is 16.6 Å². The second-order valence-electron chi connectivity index (χ2n) is 4.55. The molecule has 0 aliphatic heterocycles. The summed E-state index contributed by atoms with van der Waals surface area (Å²) in [6, 6.07) is 0. The minimum absolute atomic E-state index is 0.0205. The highest BCUT2D eigenvalue weighted by Gasteiger charge is 2.37. The Bertz CT molecular complexity index is 359. The second kappa shape index (κ2) is 5.60. The Balaban J connectivity index is 1.91. The topological polar surface area (TPSA) is 62.2 Å². The van der Waals surface area contributed by atoms with Gasteiger partial charge in [-0.25, -0.2) is 4.98 Å². The summed E-state index contributed by atoms with van der Waals surface area (Å²) in [4.78, 5) is 14.9. The maximum Gasteiger partial charge on any atom is 0.303 e. The van der Waals surface area contributed by atoms with Crippen LogP contribution in [0.15, 0.2) is 11.6 Å². The van der Waals surface area contributed by atoms with E-state index in [1.54, 1.807) is 11.3 Å². The van der Waals surface area contributed by atoms with Crippen molar-refractivity contribution in [3.8, 4) is 0 Å². The first-order valence-electron chi connectivity index (χ1n) is 6.10. The van der Waals surface area contributed by atoms with Crippen molar-refractivity contribution in [3.63, 3.8) is 0 Å². The van der Waals surface area contributed by atoms with Crippen LogP contribution in [-0.4, -0.2) is 22.6 Å². The van der Waals surface area contributed by atoms with Crippen LogP contribution in [0.3, 0.4) is 0 Å². The Morgan fingerprint density at radius 2 is 2.29 bits per heavy atom. The second-order valence-corrected chi connectivity index (χ2v) is 5.45. The Labute approximate surface area is 105 Å². The van der Waals surface area contributed by atoms with Crippen LogP contribution in [-0.2, 0) is 10.3 Å². The molecule has 1 aliphatic carbocycles. The summed E-state index contributed by atoms with van der Waals surface area (Å²) in [6.07, 6.45) is 7.46. The lowest BCUT2D eigenvalue weighted by molar-refractivity contribution is -0.137. The molecule has 1 aliphatic rings. The molecule has 17 heavy (non-hydrogen) atoms. The first kappa shape index (κ1) is 12.5. The van der Waals surface area contributed by atoms with Crippen molar-refractivity contribution in [2.45, 2.75) is 44.1 Å². The summed E-state index contributed by atoms with van der Waals surface area (Å²) < 4.78 is 0. The van der Waals surface area contributed by atoms with E-state index < -0.39 is 5.97 Å². The molecule has 0 radical (unpaired) electrons. The van der Waals surface area contributed by atoms with Crippen LogP contribution in [0.1, 0.15) is 43.5 Å². The zero-order chi connectivity index (χ0) is 12.1. The van der Waals surface area contributed by atoms with Crippen LogP contribution in [0.2, 0.25) is 0 Å². The van der Waals surface area contributed by atoms with Crippen LogP contribution in [0.5, 0.6) is 0 Å². The fourth-order valence-electron chi connectivity index (χ4n) is 2.47. The summed E-state index contributed by atoms with van der Waals surface area (Å²) in [5, 5.41) is 15.3. The minimum Gasteiger partial charge on any atom is -0.481 e. The molecule has 0 saturated heterocycles. The average Bonchev–Trinajstić information content (AvgIpc) is 2.95. The van der Waals surface area contributed by atoms with Gasteiger partial charge in [-0.2, -0.15) is 0 Å². The van der Waals surface area contributed by atoms with Crippen molar-refractivity contribution in [1.29, 1.82) is 0 Å². The Kier molecular flexibility index (Phi) is 4.12. The van der Waals surface area contributed by atoms with E-state index >= 15 is 0 Å². The summed E-state index contributed by atoms with van der Waals surface area (Å²) in [5.74, 6) is -0.721. The summed E-state index contributed by atoms with van der Waals surface area (Å²) in [6.45, 7) is 0.756. The minimum atomic E-state index is -0.721. The van der Waals surface area contributed by atoms with E-state index in [9.17, 15) is 4.79 Å². The van der Waals surface area contributed by atoms with Gasteiger partial charge in [0, 0.05) is 18.0 Å². The monoisotopic (exact) mass is 254 g/mol. The lowest BCUT2D eigenvalue weighted by atomic mass is 9.98. The molecule has 0 unspecified atom stereocenters. The fourth-order valence-corrected chi connectivity index (χ4v) is 3.35. The SMILES string of the molecule is O=C(O)CCCNC1(c2nccs2)CCCC1. The van der Waals surface area contributed by atoms with Gasteiger partial charge in [0.2, 0.25) is 0 Å². The third-order valence-electron chi connectivity index (χ3n) is 3.33. The van der Waals surface area contributed by atoms with E-state index in [0.29, 0.717) is 6.42 Å². The lowest BCUT2D eigenvalue weighted by Crippen LogP contribution is -2.40. The van der Waals surface area contributed by atoms with Gasteiger partial charge in [-0.15, -0.1) is 11.3 Å². The Morgan fingerprint density at radius 1 is 1.53 bits per heavy atom. The average molecular weight is 254 g/mol. The van der Waals surface area contributed by atoms with E-state index in [2.05, 4.69) is 10.3 Å². The summed E-state index contributed by atoms with van der Waals surface area (Å²) in [5.41, 5.74) is 0.0205. The molecular formula is C12H18N2O2S. The van der Waals surface area contributed by atoms with Gasteiger partial charge in [0.15, 0.2) is 0 Å². The third-order valence-corrected chi connectivity index (χ3v) is 4.31. The molecule has 1 aromatic rings. The number of thiazole rings is 1. The van der Waals surface area contributed by atoms with E-state index in [-0.39, 0.29) is 12.0 Å². The smallest absolute Gasteiger partial charge is 0.303 e. The number of hydrogen-bond donors (Lipinski definition) is 2. The van der Waals surface area contributed by atoms with Crippen molar-refractivity contribution >= 4 is 17.3 Å². The van der Waals surface area contributed by atoms with Crippen LogP contribution in [0, 0.1) is 0 Å². The molecule has 0 bridgehead atoms. The number of carbonyl (C=O) groups is 1. The summed E-state index contributed by atoms with van der Waals surface area (Å²) >= 11 is 1.69. The number of carboxylic acids is 1. The number of aliphatic carboxylic acids is 1. The maximum absolute atomic E-state index is 10.5. The number of aromatic nitrogens is 1. The zero-order valence-corrected chi connectivity index (χ0v) is 10.6. The molecule has 1 heterocycles. The Hall–Kier alpha value is -0.940. The lowest BCUT2D eigenvalue weighted by Gasteiger charge is -2.28. The van der Waals surface area contributed by atoms with Gasteiger partial charge in [0.05, 0.1) is 5.54 Å². The maximum atomic E-state index is 10.5. The molecule has 0 amide bonds. The summed E-state index contributed by atoms with van der Waals surface area (Å²) in [7, 11) is 0. The van der Waals surface area contributed by atoms with E-state index in [1.807, 2.05) is 11.6 Å². The molecule has 1 saturated carbocycles. The molecular weight excluding hydrogens is 236 g/mol. The van der Waals surface area contributed by atoms with Gasteiger partial charge in [0.25, 0.3) is 0 Å². The quantitative estimate of drug-likeness (QED) is 0.765. The number of nitrogens with one attached hydrogen (secondary N) is 1. The molecule has 0 atom stereocenters. The number of rotatable bonds is 6. The van der Waals surface area contributed by atoms with E-state index in [4.69, 9.17) is 5.11 Å². The molecule has 0 aromatic carbocycles. The van der Waals surface area contributed by atoms with Gasteiger partial charge in [-0.05, 0) is 25.8 Å². The Morgan fingerprint density at radius 3 is 2.88 bits per heavy atom. The standard InChI is InChI=1S/C12H18N2O2S/c15-10(16)4-3-7-14-12(5-1-2-6-12)11-13-8-9-17-11/h8-9,14H,1-7H2,(H,15,16). The first-order chi connectivity index (χ1) is 8.23. The van der Waals surface area contributed by atoms with Crippen LogP contribution < -0.4 is 5.32 Å². The van der Waals surface area contributed by atoms with Gasteiger partial charge in [-0.3, -0.25) is 4.79 Å². The van der Waals surface area contributed by atoms with Crippen LogP contribution in [0.4, 0.5) is 0 Å². The normalized spacial score (nSPS) is 18.4. The number of carboxylic acid groups (broad SMARTS) is 1.